The Bertz CT molecular complexity index is 669. The van der Waals surface area contributed by atoms with Crippen molar-refractivity contribution in [3.05, 3.63) is 75.1 Å². The molecule has 0 amide bonds. The van der Waals surface area contributed by atoms with Gasteiger partial charge >= 0.3 is 0 Å². The van der Waals surface area contributed by atoms with Crippen LogP contribution < -0.4 is 5.73 Å². The van der Waals surface area contributed by atoms with Gasteiger partial charge in [-0.15, -0.1) is 0 Å². The number of hydrogen-bond donors (Lipinski definition) is 1. The summed E-state index contributed by atoms with van der Waals surface area (Å²) in [5, 5.41) is 10.9. The highest BCUT2D eigenvalue weighted by Gasteiger charge is 2.19. The molecule has 4 nitrogen and oxygen atoms in total. The van der Waals surface area contributed by atoms with Gasteiger partial charge in [0.05, 0.1) is 4.92 Å². The van der Waals surface area contributed by atoms with Crippen LogP contribution in [-0.2, 0) is 6.42 Å². The monoisotopic (exact) mass is 296 g/mol. The Morgan fingerprint density at radius 3 is 2.29 bits per heavy atom. The van der Waals surface area contributed by atoms with Crippen LogP contribution in [0.4, 0.5) is 18.9 Å². The van der Waals surface area contributed by atoms with Gasteiger partial charge in [0.2, 0.25) is 0 Å². The summed E-state index contributed by atoms with van der Waals surface area (Å²) in [6.07, 6.45) is 0.00165. The summed E-state index contributed by atoms with van der Waals surface area (Å²) in [7, 11) is 0. The molecule has 2 rings (SSSR count). The van der Waals surface area contributed by atoms with E-state index in [0.29, 0.717) is 5.56 Å². The summed E-state index contributed by atoms with van der Waals surface area (Å²) >= 11 is 0. The summed E-state index contributed by atoms with van der Waals surface area (Å²) in [6, 6.07) is 6.61. The SMILES string of the molecule is NC(Cc1ccccc1[N+](=O)[O-])c1cc(F)c(F)c(F)c1. The molecular weight excluding hydrogens is 285 g/mol. The third-order valence-corrected chi connectivity index (χ3v) is 3.06. The summed E-state index contributed by atoms with van der Waals surface area (Å²) in [4.78, 5) is 10.3. The van der Waals surface area contributed by atoms with Gasteiger partial charge in [-0.25, -0.2) is 13.2 Å². The molecule has 0 radical (unpaired) electrons. The van der Waals surface area contributed by atoms with Gasteiger partial charge in [0.1, 0.15) is 0 Å². The molecule has 0 spiro atoms. The van der Waals surface area contributed by atoms with Gasteiger partial charge in [0, 0.05) is 17.7 Å². The molecule has 21 heavy (non-hydrogen) atoms. The second-order valence-electron chi connectivity index (χ2n) is 4.49. The molecule has 0 saturated heterocycles. The van der Waals surface area contributed by atoms with Crippen molar-refractivity contribution in [2.24, 2.45) is 5.73 Å². The predicted octanol–water partition coefficient (Wildman–Crippen LogP) is 3.25. The van der Waals surface area contributed by atoms with Crippen molar-refractivity contribution in [1.82, 2.24) is 0 Å². The molecule has 1 atom stereocenters. The minimum atomic E-state index is -1.57. The second kappa shape index (κ2) is 5.92. The Hall–Kier alpha value is -2.41. The molecule has 0 aromatic heterocycles. The molecule has 0 heterocycles. The number of hydrogen-bond acceptors (Lipinski definition) is 3. The van der Waals surface area contributed by atoms with E-state index in [9.17, 15) is 23.3 Å². The lowest BCUT2D eigenvalue weighted by Crippen LogP contribution is -2.15. The average molecular weight is 296 g/mol. The van der Waals surface area contributed by atoms with Crippen LogP contribution in [0.25, 0.3) is 0 Å². The summed E-state index contributed by atoms with van der Waals surface area (Å²) in [5.41, 5.74) is 6.04. The zero-order chi connectivity index (χ0) is 15.6. The van der Waals surface area contributed by atoms with Crippen LogP contribution in [0.5, 0.6) is 0 Å². The topological polar surface area (TPSA) is 69.2 Å². The van der Waals surface area contributed by atoms with Gasteiger partial charge in [-0.3, -0.25) is 10.1 Å². The zero-order valence-electron chi connectivity index (χ0n) is 10.7. The molecule has 1 unspecified atom stereocenters. The Morgan fingerprint density at radius 1 is 1.14 bits per heavy atom. The van der Waals surface area contributed by atoms with Gasteiger partial charge in [-0.05, 0) is 24.1 Å². The Morgan fingerprint density at radius 2 is 1.71 bits per heavy atom. The Balaban J connectivity index is 2.30. The first-order chi connectivity index (χ1) is 9.90. The molecule has 0 aliphatic heterocycles. The van der Waals surface area contributed by atoms with Crippen LogP contribution in [-0.4, -0.2) is 4.92 Å². The number of nitrogens with zero attached hydrogens (tertiary/aromatic N) is 1. The molecule has 2 aromatic carbocycles. The number of benzene rings is 2. The van der Waals surface area contributed by atoms with Gasteiger partial charge in [0.15, 0.2) is 17.5 Å². The van der Waals surface area contributed by atoms with Crippen molar-refractivity contribution in [3.8, 4) is 0 Å². The third-order valence-electron chi connectivity index (χ3n) is 3.06. The Kier molecular flexibility index (Phi) is 4.23. The first-order valence-electron chi connectivity index (χ1n) is 6.02. The third kappa shape index (κ3) is 3.19. The first kappa shape index (κ1) is 15.0. The average Bonchev–Trinajstić information content (AvgIpc) is 2.44. The maximum atomic E-state index is 13.2. The molecule has 0 saturated carbocycles. The van der Waals surface area contributed by atoms with E-state index in [-0.39, 0.29) is 17.7 Å². The normalized spacial score (nSPS) is 12.2. The van der Waals surface area contributed by atoms with E-state index in [1.54, 1.807) is 6.07 Å². The quantitative estimate of drug-likeness (QED) is 0.535. The standard InChI is InChI=1S/C14H11F3N2O2/c15-10-5-9(6-11(16)14(10)17)12(18)7-8-3-1-2-4-13(8)19(20)21/h1-6,12H,7,18H2. The minimum Gasteiger partial charge on any atom is -0.324 e. The lowest BCUT2D eigenvalue weighted by atomic mass is 9.98. The predicted molar refractivity (Wildman–Crippen MR) is 70.0 cm³/mol. The number of nitro benzene ring substituents is 1. The van der Waals surface area contributed by atoms with Crippen LogP contribution in [0.3, 0.4) is 0 Å². The molecule has 7 heteroatoms. The molecule has 0 aliphatic carbocycles. The van der Waals surface area contributed by atoms with E-state index in [1.165, 1.54) is 18.2 Å². The lowest BCUT2D eigenvalue weighted by molar-refractivity contribution is -0.385. The molecule has 2 aromatic rings. The van der Waals surface area contributed by atoms with E-state index >= 15 is 0 Å². The van der Waals surface area contributed by atoms with Crippen LogP contribution in [0.2, 0.25) is 0 Å². The molecule has 110 valence electrons. The number of nitrogens with two attached hydrogens (primary N) is 1. The Labute approximate surface area is 118 Å². The van der Waals surface area contributed by atoms with E-state index < -0.39 is 28.4 Å². The second-order valence-corrected chi connectivity index (χ2v) is 4.49. The molecule has 0 bridgehead atoms. The summed E-state index contributed by atoms with van der Waals surface area (Å²) in [5.74, 6) is -4.26. The van der Waals surface area contributed by atoms with E-state index in [1.807, 2.05) is 0 Å². The van der Waals surface area contributed by atoms with E-state index in [0.717, 1.165) is 12.1 Å². The minimum absolute atomic E-state index is 0.00165. The van der Waals surface area contributed by atoms with Crippen molar-refractivity contribution in [1.29, 1.82) is 0 Å². The summed E-state index contributed by atoms with van der Waals surface area (Å²) in [6.45, 7) is 0. The van der Waals surface area contributed by atoms with Crippen LogP contribution >= 0.6 is 0 Å². The lowest BCUT2D eigenvalue weighted by Gasteiger charge is -2.13. The van der Waals surface area contributed by atoms with Gasteiger partial charge in [-0.2, -0.15) is 0 Å². The highest BCUT2D eigenvalue weighted by molar-refractivity contribution is 5.41. The summed E-state index contributed by atoms with van der Waals surface area (Å²) < 4.78 is 39.2. The van der Waals surface area contributed by atoms with Crippen molar-refractivity contribution in [3.63, 3.8) is 0 Å². The highest BCUT2D eigenvalue weighted by Crippen LogP contribution is 2.25. The fourth-order valence-corrected chi connectivity index (χ4v) is 2.01. The van der Waals surface area contributed by atoms with E-state index in [4.69, 9.17) is 5.73 Å². The molecule has 0 fully saturated rings. The maximum absolute atomic E-state index is 13.2. The molecule has 0 aliphatic rings. The smallest absolute Gasteiger partial charge is 0.272 e. The fraction of sp³-hybridized carbons (Fsp3) is 0.143. The first-order valence-corrected chi connectivity index (χ1v) is 6.02. The van der Waals surface area contributed by atoms with Crippen LogP contribution in [0, 0.1) is 27.6 Å². The zero-order valence-corrected chi connectivity index (χ0v) is 10.7. The van der Waals surface area contributed by atoms with Gasteiger partial charge in [0.25, 0.3) is 5.69 Å². The maximum Gasteiger partial charge on any atom is 0.272 e. The number of para-hydroxylation sites is 1. The molecule has 2 N–H and O–H groups in total. The largest absolute Gasteiger partial charge is 0.324 e. The van der Waals surface area contributed by atoms with Gasteiger partial charge in [-0.1, -0.05) is 18.2 Å². The van der Waals surface area contributed by atoms with Crippen molar-refractivity contribution in [2.45, 2.75) is 12.5 Å². The number of rotatable bonds is 4. The van der Waals surface area contributed by atoms with Crippen LogP contribution in [0.1, 0.15) is 17.2 Å². The van der Waals surface area contributed by atoms with Crippen molar-refractivity contribution < 1.29 is 18.1 Å². The van der Waals surface area contributed by atoms with Crippen molar-refractivity contribution in [2.75, 3.05) is 0 Å². The molecular formula is C14H11F3N2O2. The van der Waals surface area contributed by atoms with Crippen LogP contribution in [0.15, 0.2) is 36.4 Å². The highest BCUT2D eigenvalue weighted by atomic mass is 19.2. The van der Waals surface area contributed by atoms with Crippen molar-refractivity contribution >= 4 is 5.69 Å². The van der Waals surface area contributed by atoms with E-state index in [2.05, 4.69) is 0 Å². The fourth-order valence-electron chi connectivity index (χ4n) is 2.01. The van der Waals surface area contributed by atoms with Gasteiger partial charge < -0.3 is 5.73 Å². The number of nitro groups is 1. The number of halogens is 3.